The third kappa shape index (κ3) is 2.38. The molecule has 1 aliphatic rings. The first-order chi connectivity index (χ1) is 10.2. The molecule has 0 bridgehead atoms. The summed E-state index contributed by atoms with van der Waals surface area (Å²) in [5, 5.41) is 1.02. The predicted molar refractivity (Wildman–Crippen MR) is 85.1 cm³/mol. The Balaban J connectivity index is 1.97. The van der Waals surface area contributed by atoms with Crippen molar-refractivity contribution in [1.82, 2.24) is 9.55 Å². The van der Waals surface area contributed by atoms with E-state index in [0.717, 1.165) is 35.4 Å². The van der Waals surface area contributed by atoms with Gasteiger partial charge in [0.1, 0.15) is 15.7 Å². The predicted octanol–water partition coefficient (Wildman–Crippen LogP) is 2.06. The maximum atomic E-state index is 11.8. The van der Waals surface area contributed by atoms with Gasteiger partial charge in [-0.25, -0.2) is 9.78 Å². The second kappa shape index (κ2) is 5.61. The summed E-state index contributed by atoms with van der Waals surface area (Å²) < 4.78 is 6.95. The van der Waals surface area contributed by atoms with Gasteiger partial charge in [0, 0.05) is 25.5 Å². The molecule has 1 aliphatic heterocycles. The van der Waals surface area contributed by atoms with Crippen molar-refractivity contribution in [3.8, 4) is 0 Å². The van der Waals surface area contributed by atoms with Crippen LogP contribution in [0.4, 0.5) is 10.7 Å². The Bertz CT molecular complexity index is 680. The highest BCUT2D eigenvalue weighted by molar-refractivity contribution is 7.99. The Morgan fingerprint density at radius 3 is 3.05 bits per heavy atom. The van der Waals surface area contributed by atoms with Crippen LogP contribution >= 0.6 is 23.1 Å². The Kier molecular flexibility index (Phi) is 3.81. The SMILES string of the molecule is COC(=O)c1sc(N2CCn3ccnc3C2)c(SC)c1N. The fraction of sp³-hybridized carbons (Fsp3) is 0.385. The molecule has 0 fully saturated rings. The number of esters is 1. The normalized spacial score (nSPS) is 14.1. The lowest BCUT2D eigenvalue weighted by Gasteiger charge is -2.29. The summed E-state index contributed by atoms with van der Waals surface area (Å²) >= 11 is 2.95. The standard InChI is InChI=1S/C13H16N4O2S2/c1-19-13(18)11-9(14)10(20-2)12(21-11)17-6-5-16-4-3-15-8(16)7-17/h3-4H,5-7,14H2,1-2H3. The van der Waals surface area contributed by atoms with Gasteiger partial charge >= 0.3 is 5.97 Å². The summed E-state index contributed by atoms with van der Waals surface area (Å²) in [4.78, 5) is 19.8. The maximum Gasteiger partial charge on any atom is 0.350 e. The van der Waals surface area contributed by atoms with Crippen LogP contribution in [0, 0.1) is 0 Å². The Labute approximate surface area is 130 Å². The number of nitrogen functional groups attached to an aromatic ring is 1. The minimum absolute atomic E-state index is 0.377. The van der Waals surface area contributed by atoms with Crippen molar-refractivity contribution < 1.29 is 9.53 Å². The average Bonchev–Trinajstić information content (AvgIpc) is 3.09. The molecule has 2 aromatic rings. The zero-order valence-electron chi connectivity index (χ0n) is 11.8. The molecule has 0 radical (unpaired) electrons. The molecule has 3 heterocycles. The third-order valence-electron chi connectivity index (χ3n) is 3.49. The summed E-state index contributed by atoms with van der Waals surface area (Å²) in [5.74, 6) is 0.650. The minimum Gasteiger partial charge on any atom is -0.465 e. The van der Waals surface area contributed by atoms with Crippen LogP contribution in [-0.4, -0.2) is 35.4 Å². The van der Waals surface area contributed by atoms with Gasteiger partial charge in [0.05, 0.1) is 24.2 Å². The van der Waals surface area contributed by atoms with E-state index in [1.165, 1.54) is 18.4 Å². The topological polar surface area (TPSA) is 73.4 Å². The van der Waals surface area contributed by atoms with Crippen molar-refractivity contribution in [1.29, 1.82) is 0 Å². The average molecular weight is 324 g/mol. The molecule has 2 aromatic heterocycles. The van der Waals surface area contributed by atoms with Gasteiger partial charge in [-0.2, -0.15) is 0 Å². The van der Waals surface area contributed by atoms with Crippen LogP contribution in [0.1, 0.15) is 15.5 Å². The molecule has 0 aromatic carbocycles. The van der Waals surface area contributed by atoms with E-state index in [0.29, 0.717) is 10.6 Å². The molecule has 8 heteroatoms. The molecule has 6 nitrogen and oxygen atoms in total. The molecule has 0 saturated heterocycles. The number of carbonyl (C=O) groups is 1. The molecule has 112 valence electrons. The van der Waals surface area contributed by atoms with Crippen molar-refractivity contribution >= 4 is 39.8 Å². The summed E-state index contributed by atoms with van der Waals surface area (Å²) in [6.07, 6.45) is 5.77. The lowest BCUT2D eigenvalue weighted by atomic mass is 10.3. The lowest BCUT2D eigenvalue weighted by molar-refractivity contribution is 0.0607. The van der Waals surface area contributed by atoms with Gasteiger partial charge in [0.25, 0.3) is 0 Å². The first-order valence-electron chi connectivity index (χ1n) is 6.45. The lowest BCUT2D eigenvalue weighted by Crippen LogP contribution is -2.33. The second-order valence-corrected chi connectivity index (χ2v) is 6.45. The number of anilines is 2. The number of hydrogen-bond acceptors (Lipinski definition) is 7. The monoisotopic (exact) mass is 324 g/mol. The summed E-state index contributed by atoms with van der Waals surface area (Å²) in [5.41, 5.74) is 6.63. The first-order valence-corrected chi connectivity index (χ1v) is 8.49. The number of imidazole rings is 1. The first kappa shape index (κ1) is 14.3. The number of ether oxygens (including phenoxy) is 1. The van der Waals surface area contributed by atoms with Crippen LogP contribution in [-0.2, 0) is 17.8 Å². The van der Waals surface area contributed by atoms with Crippen molar-refractivity contribution in [3.05, 3.63) is 23.1 Å². The highest BCUT2D eigenvalue weighted by Crippen LogP contribution is 2.44. The minimum atomic E-state index is -0.377. The van der Waals surface area contributed by atoms with Crippen LogP contribution in [0.15, 0.2) is 17.3 Å². The van der Waals surface area contributed by atoms with Crippen molar-refractivity contribution in [2.45, 2.75) is 18.0 Å². The number of thioether (sulfide) groups is 1. The quantitative estimate of drug-likeness (QED) is 0.688. The van der Waals surface area contributed by atoms with Crippen LogP contribution in [0.3, 0.4) is 0 Å². The van der Waals surface area contributed by atoms with Gasteiger partial charge in [-0.3, -0.25) is 0 Å². The van der Waals surface area contributed by atoms with Gasteiger partial charge in [0.15, 0.2) is 0 Å². The van der Waals surface area contributed by atoms with E-state index in [-0.39, 0.29) is 5.97 Å². The summed E-state index contributed by atoms with van der Waals surface area (Å²) in [7, 11) is 1.37. The summed E-state index contributed by atoms with van der Waals surface area (Å²) in [6.45, 7) is 2.48. The number of nitrogens with zero attached hydrogens (tertiary/aromatic N) is 3. The number of nitrogens with two attached hydrogens (primary N) is 1. The van der Waals surface area contributed by atoms with Crippen molar-refractivity contribution in [3.63, 3.8) is 0 Å². The molecule has 21 heavy (non-hydrogen) atoms. The number of fused-ring (bicyclic) bond motifs is 1. The fourth-order valence-electron chi connectivity index (χ4n) is 2.41. The van der Waals surface area contributed by atoms with Gasteiger partial charge in [0.2, 0.25) is 0 Å². The number of rotatable bonds is 3. The largest absolute Gasteiger partial charge is 0.465 e. The molecule has 0 spiro atoms. The van der Waals surface area contributed by atoms with E-state index in [2.05, 4.69) is 14.5 Å². The fourth-order valence-corrected chi connectivity index (χ4v) is 4.54. The Morgan fingerprint density at radius 2 is 2.33 bits per heavy atom. The van der Waals surface area contributed by atoms with Crippen LogP contribution < -0.4 is 10.6 Å². The number of thiophene rings is 1. The third-order valence-corrected chi connectivity index (χ3v) is 5.69. The molecule has 2 N–H and O–H groups in total. The zero-order valence-corrected chi connectivity index (χ0v) is 13.5. The molecular weight excluding hydrogens is 308 g/mol. The molecule has 0 unspecified atom stereocenters. The summed E-state index contributed by atoms with van der Waals surface area (Å²) in [6, 6.07) is 0. The Morgan fingerprint density at radius 1 is 1.52 bits per heavy atom. The van der Waals surface area contributed by atoms with Gasteiger partial charge in [-0.15, -0.1) is 23.1 Å². The number of aromatic nitrogens is 2. The highest BCUT2D eigenvalue weighted by Gasteiger charge is 2.26. The Hall–Kier alpha value is -1.67. The van der Waals surface area contributed by atoms with Crippen LogP contribution in [0.5, 0.6) is 0 Å². The molecule has 0 amide bonds. The maximum absolute atomic E-state index is 11.8. The van der Waals surface area contributed by atoms with Crippen LogP contribution in [0.2, 0.25) is 0 Å². The molecular formula is C13H16N4O2S2. The molecule has 3 rings (SSSR count). The van der Waals surface area contributed by atoms with E-state index in [4.69, 9.17) is 10.5 Å². The van der Waals surface area contributed by atoms with E-state index in [1.807, 2.05) is 18.6 Å². The van der Waals surface area contributed by atoms with E-state index in [9.17, 15) is 4.79 Å². The second-order valence-electron chi connectivity index (χ2n) is 4.63. The smallest absolute Gasteiger partial charge is 0.350 e. The van der Waals surface area contributed by atoms with E-state index < -0.39 is 0 Å². The molecule has 0 aliphatic carbocycles. The highest BCUT2D eigenvalue weighted by atomic mass is 32.2. The molecule has 0 atom stereocenters. The molecule has 0 saturated carbocycles. The number of hydrogen-bond donors (Lipinski definition) is 1. The van der Waals surface area contributed by atoms with Gasteiger partial charge in [-0.05, 0) is 6.26 Å². The zero-order chi connectivity index (χ0) is 15.0. The van der Waals surface area contributed by atoms with Gasteiger partial charge < -0.3 is 19.9 Å². The van der Waals surface area contributed by atoms with Gasteiger partial charge in [-0.1, -0.05) is 0 Å². The van der Waals surface area contributed by atoms with E-state index >= 15 is 0 Å². The number of carbonyl (C=O) groups excluding carboxylic acids is 1. The van der Waals surface area contributed by atoms with Crippen molar-refractivity contribution in [2.24, 2.45) is 0 Å². The number of methoxy groups -OCH3 is 1. The van der Waals surface area contributed by atoms with Crippen LogP contribution in [0.25, 0.3) is 0 Å². The van der Waals surface area contributed by atoms with Crippen molar-refractivity contribution in [2.75, 3.05) is 30.5 Å². The van der Waals surface area contributed by atoms with E-state index in [1.54, 1.807) is 11.8 Å².